The van der Waals surface area contributed by atoms with Gasteiger partial charge in [-0.3, -0.25) is 9.69 Å². The quantitative estimate of drug-likeness (QED) is 0.654. The Bertz CT molecular complexity index is 911. The zero-order valence-corrected chi connectivity index (χ0v) is 19.4. The first-order chi connectivity index (χ1) is 16.2. The van der Waals surface area contributed by atoms with Gasteiger partial charge in [0.05, 0.1) is 32.9 Å². The van der Waals surface area contributed by atoms with E-state index in [-0.39, 0.29) is 18.2 Å². The molecule has 9 nitrogen and oxygen atoms in total. The summed E-state index contributed by atoms with van der Waals surface area (Å²) >= 11 is 1.61. The van der Waals surface area contributed by atoms with Gasteiger partial charge in [-0.1, -0.05) is 29.5 Å². The summed E-state index contributed by atoms with van der Waals surface area (Å²) in [4.78, 5) is 13.3. The van der Waals surface area contributed by atoms with Crippen molar-refractivity contribution in [1.82, 2.24) is 15.1 Å². The molecule has 6 rings (SSSR count). The molecule has 33 heavy (non-hydrogen) atoms. The van der Waals surface area contributed by atoms with E-state index in [0.29, 0.717) is 25.2 Å². The molecule has 178 valence electrons. The molecule has 0 radical (unpaired) electrons. The summed E-state index contributed by atoms with van der Waals surface area (Å²) in [5.74, 6) is 1.63. The van der Waals surface area contributed by atoms with Crippen molar-refractivity contribution in [3.63, 3.8) is 0 Å². The minimum Gasteiger partial charge on any atom is -0.485 e. The second-order valence-corrected chi connectivity index (χ2v) is 9.97. The molecule has 1 aromatic heterocycles. The summed E-state index contributed by atoms with van der Waals surface area (Å²) in [6, 6.07) is 9.13. The van der Waals surface area contributed by atoms with Crippen molar-refractivity contribution in [2.24, 2.45) is 0 Å². The minimum atomic E-state index is -0.250. The summed E-state index contributed by atoms with van der Waals surface area (Å²) in [6.45, 7) is 6.20. The van der Waals surface area contributed by atoms with Gasteiger partial charge in [-0.2, -0.15) is 0 Å². The molecule has 1 N–H and O–H groups in total. The molecular weight excluding hydrogens is 444 g/mol. The fraction of sp³-hybridized carbons (Fsp3) is 0.609. The van der Waals surface area contributed by atoms with Gasteiger partial charge in [-0.15, -0.1) is 10.2 Å². The standard InChI is InChI=1S/C22H28N4O3S.CH2O2/c1-2-4-20(29-18-11-27-12-18)19(3-1)16-5-7-25(8-6-16)17-9-22(28-10-17)13-26(14-22)21-24-23-15-30-21;2-1-3/h1-4,15-18H,5-14H2;1H,(H,2,3). The highest BCUT2D eigenvalue weighted by Gasteiger charge is 2.51. The second kappa shape index (κ2) is 9.92. The topological polar surface area (TPSA) is 97.3 Å². The van der Waals surface area contributed by atoms with Crippen molar-refractivity contribution in [3.05, 3.63) is 35.3 Å². The number of nitrogens with zero attached hydrogens (tertiary/aromatic N) is 4. The van der Waals surface area contributed by atoms with Crippen molar-refractivity contribution in [2.75, 3.05) is 50.9 Å². The average molecular weight is 475 g/mol. The number of anilines is 1. The third-order valence-corrected chi connectivity index (χ3v) is 7.82. The predicted octanol–water partition coefficient (Wildman–Crippen LogP) is 2.24. The maximum atomic E-state index is 8.36. The zero-order chi connectivity index (χ0) is 22.7. The summed E-state index contributed by atoms with van der Waals surface area (Å²) in [5, 5.41) is 16.0. The van der Waals surface area contributed by atoms with Gasteiger partial charge in [0.15, 0.2) is 0 Å². The summed E-state index contributed by atoms with van der Waals surface area (Å²) < 4.78 is 17.8. The van der Waals surface area contributed by atoms with Crippen molar-refractivity contribution >= 4 is 22.9 Å². The third kappa shape index (κ3) is 4.84. The van der Waals surface area contributed by atoms with E-state index in [1.807, 2.05) is 0 Å². The van der Waals surface area contributed by atoms with Crippen LogP contribution < -0.4 is 9.64 Å². The maximum Gasteiger partial charge on any atom is 0.290 e. The number of para-hydroxylation sites is 1. The number of rotatable bonds is 5. The van der Waals surface area contributed by atoms with Gasteiger partial charge in [0.1, 0.15) is 23.0 Å². The van der Waals surface area contributed by atoms with Crippen LogP contribution in [0.1, 0.15) is 30.7 Å². The van der Waals surface area contributed by atoms with Crippen LogP contribution in [0.3, 0.4) is 0 Å². The van der Waals surface area contributed by atoms with Crippen LogP contribution in [0.4, 0.5) is 5.13 Å². The Labute approximate surface area is 197 Å². The number of carboxylic acid groups (broad SMARTS) is 1. The van der Waals surface area contributed by atoms with Gasteiger partial charge >= 0.3 is 0 Å². The monoisotopic (exact) mass is 474 g/mol. The summed E-state index contributed by atoms with van der Waals surface area (Å²) in [7, 11) is 0. The SMILES string of the molecule is O=CO.c1ccc(C2CCN(C3COC4(C3)CN(c3nncs3)C4)CC2)c(OC2COC2)c1. The third-order valence-electron chi connectivity index (χ3n) is 7.07. The van der Waals surface area contributed by atoms with Crippen LogP contribution in [-0.2, 0) is 14.3 Å². The fourth-order valence-electron chi connectivity index (χ4n) is 5.33. The van der Waals surface area contributed by atoms with Crippen LogP contribution in [0, 0.1) is 0 Å². The van der Waals surface area contributed by atoms with Crippen molar-refractivity contribution in [2.45, 2.75) is 42.9 Å². The lowest BCUT2D eigenvalue weighted by Crippen LogP contribution is -2.62. The maximum absolute atomic E-state index is 8.36. The van der Waals surface area contributed by atoms with Gasteiger partial charge in [-0.25, -0.2) is 0 Å². The lowest BCUT2D eigenvalue weighted by Gasteiger charge is -2.47. The van der Waals surface area contributed by atoms with Crippen LogP contribution >= 0.6 is 11.3 Å². The smallest absolute Gasteiger partial charge is 0.290 e. The molecule has 0 bridgehead atoms. The highest BCUT2D eigenvalue weighted by molar-refractivity contribution is 7.13. The van der Waals surface area contributed by atoms with Crippen molar-refractivity contribution in [1.29, 1.82) is 0 Å². The second-order valence-electron chi connectivity index (χ2n) is 9.16. The van der Waals surface area contributed by atoms with E-state index in [2.05, 4.69) is 44.3 Å². The number of aromatic nitrogens is 2. The Morgan fingerprint density at radius 1 is 1.18 bits per heavy atom. The van der Waals surface area contributed by atoms with Crippen LogP contribution in [0.15, 0.2) is 29.8 Å². The Morgan fingerprint density at radius 2 is 1.94 bits per heavy atom. The van der Waals surface area contributed by atoms with Gasteiger partial charge in [0.25, 0.3) is 6.47 Å². The van der Waals surface area contributed by atoms with E-state index in [4.69, 9.17) is 24.1 Å². The van der Waals surface area contributed by atoms with Crippen LogP contribution in [0.25, 0.3) is 0 Å². The first-order valence-corrected chi connectivity index (χ1v) is 12.4. The normalized spacial score (nSPS) is 25.1. The Morgan fingerprint density at radius 3 is 2.61 bits per heavy atom. The molecule has 1 aromatic carbocycles. The van der Waals surface area contributed by atoms with Gasteiger partial charge in [-0.05, 0) is 49.9 Å². The van der Waals surface area contributed by atoms with Crippen LogP contribution in [-0.4, -0.2) is 90.4 Å². The average Bonchev–Trinajstić information content (AvgIpc) is 3.47. The number of hydrogen-bond acceptors (Lipinski definition) is 9. The van der Waals surface area contributed by atoms with E-state index in [0.717, 1.165) is 50.1 Å². The molecule has 5 heterocycles. The molecule has 10 heteroatoms. The highest BCUT2D eigenvalue weighted by atomic mass is 32.1. The van der Waals surface area contributed by atoms with Gasteiger partial charge in [0.2, 0.25) is 5.13 Å². The Kier molecular flexibility index (Phi) is 6.77. The van der Waals surface area contributed by atoms with Gasteiger partial charge in [0, 0.05) is 6.04 Å². The molecule has 4 aliphatic heterocycles. The minimum absolute atomic E-state index is 0.0263. The van der Waals surface area contributed by atoms with Gasteiger partial charge < -0.3 is 24.2 Å². The lowest BCUT2D eigenvalue weighted by molar-refractivity contribution is -0.122. The number of ether oxygens (including phenoxy) is 3. The number of carbonyl (C=O) groups is 1. The number of likely N-dealkylation sites (tertiary alicyclic amines) is 1. The van der Waals surface area contributed by atoms with E-state index in [1.54, 1.807) is 16.8 Å². The fourth-order valence-corrected chi connectivity index (χ4v) is 5.89. The number of hydrogen-bond donors (Lipinski definition) is 1. The molecule has 2 aromatic rings. The Hall–Kier alpha value is -2.27. The Balaban J connectivity index is 0.000000724. The predicted molar refractivity (Wildman–Crippen MR) is 123 cm³/mol. The first-order valence-electron chi connectivity index (χ1n) is 11.5. The number of benzene rings is 1. The van der Waals surface area contributed by atoms with Crippen molar-refractivity contribution in [3.8, 4) is 5.75 Å². The molecule has 1 spiro atoms. The molecule has 0 amide bonds. The summed E-state index contributed by atoms with van der Waals surface area (Å²) in [5.41, 5.74) is 3.19. The molecule has 4 saturated heterocycles. The highest BCUT2D eigenvalue weighted by Crippen LogP contribution is 2.41. The zero-order valence-electron chi connectivity index (χ0n) is 18.5. The molecule has 0 aliphatic carbocycles. The lowest BCUT2D eigenvalue weighted by atomic mass is 9.86. The van der Waals surface area contributed by atoms with E-state index >= 15 is 0 Å². The van der Waals surface area contributed by atoms with E-state index < -0.39 is 0 Å². The molecule has 0 saturated carbocycles. The first kappa shape index (κ1) is 22.5. The molecular formula is C23H30N4O5S. The summed E-state index contributed by atoms with van der Waals surface area (Å²) in [6.07, 6.45) is 3.72. The number of piperidine rings is 1. The van der Waals surface area contributed by atoms with Crippen LogP contribution in [0.5, 0.6) is 5.75 Å². The van der Waals surface area contributed by atoms with E-state index in [1.165, 1.54) is 18.4 Å². The molecule has 4 fully saturated rings. The van der Waals surface area contributed by atoms with Crippen molar-refractivity contribution < 1.29 is 24.1 Å². The molecule has 1 unspecified atom stereocenters. The van der Waals surface area contributed by atoms with Crippen LogP contribution in [0.2, 0.25) is 0 Å². The molecule has 4 aliphatic rings. The molecule has 1 atom stereocenters. The van der Waals surface area contributed by atoms with E-state index in [9.17, 15) is 0 Å². The largest absolute Gasteiger partial charge is 0.485 e.